The van der Waals surface area contributed by atoms with Crippen molar-refractivity contribution in [2.24, 2.45) is 17.1 Å². The van der Waals surface area contributed by atoms with E-state index in [2.05, 4.69) is 0 Å². The Morgan fingerprint density at radius 3 is 2.62 bits per heavy atom. The summed E-state index contributed by atoms with van der Waals surface area (Å²) < 4.78 is 57.4. The minimum absolute atomic E-state index is 0.0351. The first-order valence-electron chi connectivity index (χ1n) is 9.99. The normalized spacial score (nSPS) is 21.8. The summed E-state index contributed by atoms with van der Waals surface area (Å²) in [6.45, 7) is -0.184. The molecule has 0 heterocycles. The molecular formula is C21H27F2NO4S. The summed E-state index contributed by atoms with van der Waals surface area (Å²) >= 11 is 0. The molecule has 0 saturated heterocycles. The van der Waals surface area contributed by atoms with Crippen LogP contribution in [-0.2, 0) is 14.6 Å². The predicted molar refractivity (Wildman–Crippen MR) is 105 cm³/mol. The maximum Gasteiger partial charge on any atom is 0.181 e. The van der Waals surface area contributed by atoms with Crippen LogP contribution in [0.1, 0.15) is 44.9 Å². The number of nitrogens with two attached hydrogens (primary N) is 1. The van der Waals surface area contributed by atoms with Crippen LogP contribution in [0.25, 0.3) is 0 Å². The van der Waals surface area contributed by atoms with Gasteiger partial charge in [0.05, 0.1) is 12.1 Å². The van der Waals surface area contributed by atoms with Gasteiger partial charge in [0.25, 0.3) is 0 Å². The topological polar surface area (TPSA) is 86.5 Å². The first-order chi connectivity index (χ1) is 13.8. The Hall–Kier alpha value is -1.80. The highest BCUT2D eigenvalue weighted by Crippen LogP contribution is 2.50. The van der Waals surface area contributed by atoms with Gasteiger partial charge in [-0.1, -0.05) is 12.8 Å². The highest BCUT2D eigenvalue weighted by molar-refractivity contribution is 7.91. The number of ether oxygens (including phenoxy) is 1. The Morgan fingerprint density at radius 2 is 2.00 bits per heavy atom. The number of hydrogen-bond acceptors (Lipinski definition) is 5. The molecule has 2 aliphatic carbocycles. The number of sulfone groups is 1. The van der Waals surface area contributed by atoms with E-state index in [4.69, 9.17) is 10.5 Å². The Morgan fingerprint density at radius 1 is 1.28 bits per heavy atom. The van der Waals surface area contributed by atoms with E-state index in [0.29, 0.717) is 6.33 Å². The Labute approximate surface area is 170 Å². The summed E-state index contributed by atoms with van der Waals surface area (Å²) in [6, 6.07) is 3.44. The Kier molecular flexibility index (Phi) is 6.73. The number of ketones is 1. The van der Waals surface area contributed by atoms with Gasteiger partial charge < -0.3 is 10.5 Å². The third-order valence-corrected chi connectivity index (χ3v) is 8.01. The van der Waals surface area contributed by atoms with Crippen LogP contribution in [0.15, 0.2) is 35.0 Å². The fourth-order valence-corrected chi connectivity index (χ4v) is 5.95. The molecule has 5 nitrogen and oxygen atoms in total. The zero-order valence-corrected chi connectivity index (χ0v) is 17.1. The molecule has 160 valence electrons. The second-order valence-electron chi connectivity index (χ2n) is 8.05. The van der Waals surface area contributed by atoms with Gasteiger partial charge in [-0.25, -0.2) is 17.2 Å². The van der Waals surface area contributed by atoms with Gasteiger partial charge in [-0.15, -0.1) is 0 Å². The van der Waals surface area contributed by atoms with Gasteiger partial charge in [0.15, 0.2) is 9.84 Å². The van der Waals surface area contributed by atoms with Crippen LogP contribution in [0.4, 0.5) is 8.78 Å². The fourth-order valence-electron chi connectivity index (χ4n) is 4.50. The van der Waals surface area contributed by atoms with Gasteiger partial charge in [0.1, 0.15) is 28.9 Å². The maximum absolute atomic E-state index is 14.4. The molecule has 0 aromatic heterocycles. The monoisotopic (exact) mass is 427 g/mol. The van der Waals surface area contributed by atoms with Crippen LogP contribution in [0.2, 0.25) is 0 Å². The van der Waals surface area contributed by atoms with E-state index in [1.807, 2.05) is 0 Å². The van der Waals surface area contributed by atoms with Gasteiger partial charge >= 0.3 is 0 Å². The molecule has 8 heteroatoms. The van der Waals surface area contributed by atoms with Crippen molar-refractivity contribution in [1.82, 2.24) is 0 Å². The van der Waals surface area contributed by atoms with E-state index in [1.165, 1.54) is 6.07 Å². The van der Waals surface area contributed by atoms with Crippen molar-refractivity contribution in [3.63, 3.8) is 0 Å². The molecule has 2 fully saturated rings. The molecule has 0 amide bonds. The highest BCUT2D eigenvalue weighted by Gasteiger charge is 2.48. The molecule has 3 rings (SSSR count). The van der Waals surface area contributed by atoms with E-state index in [9.17, 15) is 22.0 Å². The van der Waals surface area contributed by atoms with Gasteiger partial charge in [-0.05, 0) is 44.2 Å². The van der Waals surface area contributed by atoms with Gasteiger partial charge in [0, 0.05) is 29.5 Å². The van der Waals surface area contributed by atoms with Gasteiger partial charge in [-0.3, -0.25) is 4.79 Å². The number of hydrogen-bond donors (Lipinski definition) is 1. The predicted octanol–water partition coefficient (Wildman–Crippen LogP) is 3.72. The van der Waals surface area contributed by atoms with E-state index in [-0.39, 0.29) is 53.8 Å². The van der Waals surface area contributed by atoms with Gasteiger partial charge in [-0.2, -0.15) is 0 Å². The lowest BCUT2D eigenvalue weighted by Crippen LogP contribution is -2.26. The number of rotatable bonds is 8. The van der Waals surface area contributed by atoms with Gasteiger partial charge in [0.2, 0.25) is 0 Å². The minimum atomic E-state index is -3.87. The molecule has 2 saturated carbocycles. The zero-order valence-electron chi connectivity index (χ0n) is 16.3. The number of Topliss-reactive ketones (excluding diaryl/α,β-unsaturated/α-hetero) is 1. The third kappa shape index (κ3) is 4.69. The van der Waals surface area contributed by atoms with E-state index in [1.54, 1.807) is 0 Å². The fraction of sp³-hybridized carbons (Fsp3) is 0.571. The lowest BCUT2D eigenvalue weighted by molar-refractivity contribution is -0.128. The molecule has 0 radical (unpaired) electrons. The standard InChI is InChI=1S/C21H27F2NO4S/c22-12-15(13-24)14-28-17-3-4-19(18(23)11-17)29(26,27)10-6-16-5-9-21(20(16)25)7-1-2-8-21/h3-4,11-12,16H,1-2,5-10,13-14,24H2/b15-12+/t16-/m1/s1. The van der Waals surface area contributed by atoms with Crippen LogP contribution in [0, 0.1) is 17.2 Å². The second-order valence-corrected chi connectivity index (χ2v) is 10.1. The minimum Gasteiger partial charge on any atom is -0.489 e. The average molecular weight is 428 g/mol. The van der Waals surface area contributed by atoms with Crippen LogP contribution in [0.3, 0.4) is 0 Å². The van der Waals surface area contributed by atoms with Crippen molar-refractivity contribution in [1.29, 1.82) is 0 Å². The van der Waals surface area contributed by atoms with E-state index < -0.39 is 20.5 Å². The quantitative estimate of drug-likeness (QED) is 0.683. The van der Waals surface area contributed by atoms with Crippen molar-refractivity contribution >= 4 is 15.6 Å². The average Bonchev–Trinajstić information content (AvgIpc) is 3.29. The number of benzene rings is 1. The smallest absolute Gasteiger partial charge is 0.181 e. The van der Waals surface area contributed by atoms with Crippen molar-refractivity contribution in [2.45, 2.75) is 49.8 Å². The third-order valence-electron chi connectivity index (χ3n) is 6.24. The SMILES string of the molecule is NC/C(=C\F)COc1ccc(S(=O)(=O)CC[C@H]2CCC3(CCCC3)C2=O)c(F)c1. The molecule has 1 atom stereocenters. The Balaban J connectivity index is 1.63. The highest BCUT2D eigenvalue weighted by atomic mass is 32.2. The second kappa shape index (κ2) is 8.92. The number of halogens is 2. The Bertz CT molecular complexity index is 892. The van der Waals surface area contributed by atoms with Crippen LogP contribution in [-0.4, -0.2) is 33.1 Å². The molecule has 0 unspecified atom stereocenters. The summed E-state index contributed by atoms with van der Waals surface area (Å²) in [4.78, 5) is 12.3. The molecule has 29 heavy (non-hydrogen) atoms. The molecule has 0 aliphatic heterocycles. The molecule has 2 N–H and O–H groups in total. The van der Waals surface area contributed by atoms with Crippen molar-refractivity contribution in [3.05, 3.63) is 35.9 Å². The van der Waals surface area contributed by atoms with Crippen molar-refractivity contribution < 1.29 is 26.7 Å². The van der Waals surface area contributed by atoms with Crippen LogP contribution in [0.5, 0.6) is 5.75 Å². The molecular weight excluding hydrogens is 400 g/mol. The summed E-state index contributed by atoms with van der Waals surface area (Å²) in [5.74, 6) is -1.16. The van der Waals surface area contributed by atoms with Crippen LogP contribution >= 0.6 is 0 Å². The molecule has 1 aromatic carbocycles. The maximum atomic E-state index is 14.4. The molecule has 1 aromatic rings. The van der Waals surface area contributed by atoms with E-state index in [0.717, 1.165) is 50.7 Å². The number of carbonyl (C=O) groups is 1. The molecule has 1 spiro atoms. The number of carbonyl (C=O) groups excluding carboxylic acids is 1. The molecule has 0 bridgehead atoms. The summed E-state index contributed by atoms with van der Waals surface area (Å²) in [5.41, 5.74) is 5.30. The largest absolute Gasteiger partial charge is 0.489 e. The molecule has 2 aliphatic rings. The first kappa shape index (κ1) is 21.9. The lowest BCUT2D eigenvalue weighted by Gasteiger charge is -2.21. The van der Waals surface area contributed by atoms with Crippen molar-refractivity contribution in [3.8, 4) is 5.75 Å². The zero-order chi connectivity index (χ0) is 21.1. The lowest BCUT2D eigenvalue weighted by atomic mass is 9.82. The van der Waals surface area contributed by atoms with Crippen LogP contribution < -0.4 is 10.5 Å². The van der Waals surface area contributed by atoms with Crippen molar-refractivity contribution in [2.75, 3.05) is 18.9 Å². The summed E-state index contributed by atoms with van der Waals surface area (Å²) in [6.07, 6.45) is 6.05. The first-order valence-corrected chi connectivity index (χ1v) is 11.6. The summed E-state index contributed by atoms with van der Waals surface area (Å²) in [7, 11) is -3.87. The van der Waals surface area contributed by atoms with E-state index >= 15 is 0 Å². The summed E-state index contributed by atoms with van der Waals surface area (Å²) in [5, 5.41) is 0.